The van der Waals surface area contributed by atoms with Crippen molar-refractivity contribution >= 4 is 17.9 Å². The molecule has 0 aliphatic rings. The Morgan fingerprint density at radius 1 is 0.767 bits per heavy atom. The van der Waals surface area contributed by atoms with Crippen molar-refractivity contribution in [2.24, 2.45) is 0 Å². The number of aliphatic carboxylic acids is 2. The number of hydrogen-bond donors (Lipinski definition) is 2. The van der Waals surface area contributed by atoms with Gasteiger partial charge in [0.25, 0.3) is 0 Å². The summed E-state index contributed by atoms with van der Waals surface area (Å²) >= 11 is 0. The van der Waals surface area contributed by atoms with Gasteiger partial charge in [-0.3, -0.25) is 0 Å². The molecule has 0 aromatic heterocycles. The summed E-state index contributed by atoms with van der Waals surface area (Å²) in [6.07, 6.45) is 5.42. The minimum Gasteiger partial charge on any atom is -0.479 e. The summed E-state index contributed by atoms with van der Waals surface area (Å²) in [7, 11) is 0. The summed E-state index contributed by atoms with van der Waals surface area (Å²) in [4.78, 5) is 35.9. The Morgan fingerprint density at radius 3 is 1.77 bits per heavy atom. The molecule has 2 unspecified atom stereocenters. The lowest BCUT2D eigenvalue weighted by molar-refractivity contribution is -0.169. The molecule has 174 valence electrons. The van der Waals surface area contributed by atoms with E-state index in [2.05, 4.69) is 0 Å². The molecular formula is C23H40O7. The summed E-state index contributed by atoms with van der Waals surface area (Å²) < 4.78 is 11.5. The maximum Gasteiger partial charge on any atom is 0.341 e. The minimum atomic E-state index is -1.70. The lowest BCUT2D eigenvalue weighted by atomic mass is 9.83. The average Bonchev–Trinajstić information content (AvgIpc) is 2.73. The fourth-order valence-corrected chi connectivity index (χ4v) is 3.50. The lowest BCUT2D eigenvalue weighted by Gasteiger charge is -2.32. The molecule has 0 aliphatic carbocycles. The highest BCUT2D eigenvalue weighted by Crippen LogP contribution is 2.33. The number of ether oxygens (including phenoxy) is 2. The van der Waals surface area contributed by atoms with Crippen molar-refractivity contribution in [1.82, 2.24) is 0 Å². The first-order chi connectivity index (χ1) is 14.3. The molecule has 2 atom stereocenters. The first-order valence-corrected chi connectivity index (χ1v) is 11.3. The highest BCUT2D eigenvalue weighted by molar-refractivity contribution is 5.85. The molecule has 0 bridgehead atoms. The van der Waals surface area contributed by atoms with Gasteiger partial charge in [-0.1, -0.05) is 47.0 Å². The van der Waals surface area contributed by atoms with Gasteiger partial charge in [-0.05, 0) is 51.4 Å². The Hall–Kier alpha value is -1.69. The standard InChI is InChI=1S/C23H40O7/c1-5-9-13-22(20(25)26,29-16-7-3)14-11-12-19(18-24)23(21(27)28,15-10-6-2)30-17-8-4/h5-17H2,1-4H3,(H,25,26)(H,27,28). The zero-order valence-corrected chi connectivity index (χ0v) is 19.1. The Bertz CT molecular complexity index is 548. The van der Waals surface area contributed by atoms with E-state index in [1.165, 1.54) is 0 Å². The highest BCUT2D eigenvalue weighted by Gasteiger charge is 2.44. The van der Waals surface area contributed by atoms with Crippen LogP contribution in [0.1, 0.15) is 98.3 Å². The minimum absolute atomic E-state index is 0.0437. The first kappa shape index (κ1) is 28.3. The van der Waals surface area contributed by atoms with Crippen molar-refractivity contribution in [3.8, 4) is 0 Å². The van der Waals surface area contributed by atoms with Crippen LogP contribution in [-0.2, 0) is 23.9 Å². The van der Waals surface area contributed by atoms with E-state index in [4.69, 9.17) is 9.47 Å². The van der Waals surface area contributed by atoms with Crippen LogP contribution in [0.25, 0.3) is 0 Å². The zero-order chi connectivity index (χ0) is 23.0. The molecule has 7 heteroatoms. The van der Waals surface area contributed by atoms with Crippen molar-refractivity contribution in [2.75, 3.05) is 13.2 Å². The van der Waals surface area contributed by atoms with Crippen LogP contribution in [-0.4, -0.2) is 52.5 Å². The third-order valence-electron chi connectivity index (χ3n) is 5.30. The van der Waals surface area contributed by atoms with E-state index in [0.717, 1.165) is 12.8 Å². The van der Waals surface area contributed by atoms with Crippen LogP contribution in [0.3, 0.4) is 0 Å². The first-order valence-electron chi connectivity index (χ1n) is 11.3. The van der Waals surface area contributed by atoms with Crippen LogP contribution in [0, 0.1) is 0 Å². The lowest BCUT2D eigenvalue weighted by Crippen LogP contribution is -2.45. The molecule has 0 aromatic rings. The second-order valence-corrected chi connectivity index (χ2v) is 7.77. The second kappa shape index (κ2) is 15.2. The van der Waals surface area contributed by atoms with E-state index in [1.54, 1.807) is 0 Å². The van der Waals surface area contributed by atoms with Crippen molar-refractivity contribution < 1.29 is 34.1 Å². The number of carbonyl (C=O) groups is 2. The van der Waals surface area contributed by atoms with Crippen LogP contribution >= 0.6 is 0 Å². The van der Waals surface area contributed by atoms with E-state index < -0.39 is 23.1 Å². The van der Waals surface area contributed by atoms with Crippen LogP contribution in [0.5, 0.6) is 0 Å². The van der Waals surface area contributed by atoms with E-state index >= 15 is 0 Å². The average molecular weight is 429 g/mol. The van der Waals surface area contributed by atoms with Gasteiger partial charge in [0.1, 0.15) is 5.94 Å². The van der Waals surface area contributed by atoms with Crippen LogP contribution < -0.4 is 0 Å². The summed E-state index contributed by atoms with van der Waals surface area (Å²) in [5.74, 6) is -0.393. The SMILES string of the molecule is CCCCC(CCCC(=C=O)C(CCCC)(OCCC)C(=O)O)(OCCC)C(=O)O. The topological polar surface area (TPSA) is 110 Å². The van der Waals surface area contributed by atoms with Gasteiger partial charge in [0.2, 0.25) is 0 Å². The molecule has 0 saturated heterocycles. The normalized spacial score (nSPS) is 15.1. The van der Waals surface area contributed by atoms with Crippen molar-refractivity contribution in [3.63, 3.8) is 0 Å². The highest BCUT2D eigenvalue weighted by atomic mass is 16.5. The fourth-order valence-electron chi connectivity index (χ4n) is 3.50. The van der Waals surface area contributed by atoms with Gasteiger partial charge in [-0.25, -0.2) is 14.4 Å². The molecule has 0 aromatic carbocycles. The fraction of sp³-hybridized carbons (Fsp3) is 0.826. The largest absolute Gasteiger partial charge is 0.479 e. The van der Waals surface area contributed by atoms with E-state index in [0.29, 0.717) is 45.1 Å². The molecule has 2 N–H and O–H groups in total. The monoisotopic (exact) mass is 428 g/mol. The predicted molar refractivity (Wildman–Crippen MR) is 115 cm³/mol. The van der Waals surface area contributed by atoms with Crippen LogP contribution in [0.15, 0.2) is 5.57 Å². The summed E-state index contributed by atoms with van der Waals surface area (Å²) in [6, 6.07) is 0. The molecule has 0 heterocycles. The summed E-state index contributed by atoms with van der Waals surface area (Å²) in [6.45, 7) is 8.27. The molecule has 30 heavy (non-hydrogen) atoms. The maximum atomic E-state index is 12.1. The van der Waals surface area contributed by atoms with E-state index in [-0.39, 0.29) is 31.4 Å². The number of unbranched alkanes of at least 4 members (excludes halogenated alkanes) is 2. The van der Waals surface area contributed by atoms with Gasteiger partial charge in [0.15, 0.2) is 11.2 Å². The third-order valence-corrected chi connectivity index (χ3v) is 5.30. The molecule has 0 spiro atoms. The van der Waals surface area contributed by atoms with Gasteiger partial charge in [0, 0.05) is 13.2 Å². The molecule has 0 rings (SSSR count). The van der Waals surface area contributed by atoms with Crippen LogP contribution in [0.2, 0.25) is 0 Å². The molecule has 0 radical (unpaired) electrons. The van der Waals surface area contributed by atoms with Gasteiger partial charge < -0.3 is 19.7 Å². The van der Waals surface area contributed by atoms with Crippen molar-refractivity contribution in [1.29, 1.82) is 0 Å². The number of hydrogen-bond acceptors (Lipinski definition) is 5. The smallest absolute Gasteiger partial charge is 0.341 e. The van der Waals surface area contributed by atoms with Crippen molar-refractivity contribution in [2.45, 2.75) is 110 Å². The molecule has 7 nitrogen and oxygen atoms in total. The number of carboxylic acid groups (broad SMARTS) is 2. The molecular weight excluding hydrogens is 388 g/mol. The Kier molecular flexibility index (Phi) is 14.3. The summed E-state index contributed by atoms with van der Waals surface area (Å²) in [5, 5.41) is 19.8. The summed E-state index contributed by atoms with van der Waals surface area (Å²) in [5.41, 5.74) is -2.98. The predicted octanol–water partition coefficient (Wildman–Crippen LogP) is 4.80. The zero-order valence-electron chi connectivity index (χ0n) is 19.1. The third kappa shape index (κ3) is 8.21. The van der Waals surface area contributed by atoms with E-state index in [9.17, 15) is 24.6 Å². The van der Waals surface area contributed by atoms with E-state index in [1.807, 2.05) is 33.6 Å². The maximum absolute atomic E-state index is 12.1. The van der Waals surface area contributed by atoms with Crippen LogP contribution in [0.4, 0.5) is 0 Å². The second-order valence-electron chi connectivity index (χ2n) is 7.77. The molecule has 0 saturated carbocycles. The number of carboxylic acids is 2. The Balaban J connectivity index is 5.57. The quantitative estimate of drug-likeness (QED) is 0.284. The van der Waals surface area contributed by atoms with Gasteiger partial charge >= 0.3 is 11.9 Å². The molecule has 0 aliphatic heterocycles. The Morgan fingerprint density at radius 2 is 1.30 bits per heavy atom. The number of carbonyl (C=O) groups excluding carboxylic acids is 1. The Labute approximate surface area is 180 Å². The van der Waals surface area contributed by atoms with Gasteiger partial charge in [0.05, 0.1) is 5.57 Å². The molecule has 0 fully saturated rings. The number of rotatable bonds is 19. The van der Waals surface area contributed by atoms with Gasteiger partial charge in [-0.15, -0.1) is 0 Å². The van der Waals surface area contributed by atoms with Crippen molar-refractivity contribution in [3.05, 3.63) is 5.57 Å². The van der Waals surface area contributed by atoms with Gasteiger partial charge in [-0.2, -0.15) is 0 Å². The molecule has 0 amide bonds.